The van der Waals surface area contributed by atoms with Crippen LogP contribution < -0.4 is 0 Å². The Kier molecular flexibility index (Phi) is 4.06. The van der Waals surface area contributed by atoms with Crippen LogP contribution in [0.1, 0.15) is 19.8 Å². The van der Waals surface area contributed by atoms with Crippen molar-refractivity contribution in [2.45, 2.75) is 19.8 Å². The Hall–Kier alpha value is -0.0700. The zero-order valence-electron chi connectivity index (χ0n) is 4.78. The lowest BCUT2D eigenvalue weighted by atomic mass is 10.1. The van der Waals surface area contributed by atoms with Gasteiger partial charge in [0, 0.05) is 0 Å². The van der Waals surface area contributed by atoms with Gasteiger partial charge in [0.15, 0.2) is 0 Å². The van der Waals surface area contributed by atoms with Crippen LogP contribution in [0, 0.1) is 12.8 Å². The van der Waals surface area contributed by atoms with Gasteiger partial charge in [0.1, 0.15) is 0 Å². The molecule has 43 valence electrons. The second-order valence-corrected chi connectivity index (χ2v) is 1.94. The fourth-order valence-corrected chi connectivity index (χ4v) is 0.426. The topological polar surface area (TPSA) is 0 Å². The summed E-state index contributed by atoms with van der Waals surface area (Å²) < 4.78 is 11.3. The molecule has 0 spiro atoms. The van der Waals surface area contributed by atoms with Gasteiger partial charge in [-0.15, -0.1) is 0 Å². The van der Waals surface area contributed by atoms with E-state index in [1.807, 2.05) is 6.92 Å². The molecule has 7 heavy (non-hydrogen) atoms. The molecule has 0 heterocycles. The minimum Gasteiger partial charge on any atom is -0.251 e. The molecule has 0 aromatic carbocycles. The van der Waals surface area contributed by atoms with Crippen molar-refractivity contribution in [3.05, 3.63) is 6.92 Å². The molecule has 1 unspecified atom stereocenters. The molecule has 0 aromatic heterocycles. The molecule has 1 atom stereocenters. The Bertz CT molecular complexity index is 33.2. The molecule has 0 rings (SSSR count). The highest BCUT2D eigenvalue weighted by Gasteiger charge is 1.90. The van der Waals surface area contributed by atoms with E-state index in [0.29, 0.717) is 12.3 Å². The molecular weight excluding hydrogens is 91.1 g/mol. The zero-order valence-corrected chi connectivity index (χ0v) is 4.78. The first kappa shape index (κ1) is 6.93. The Morgan fingerprint density at radius 3 is 2.43 bits per heavy atom. The average Bonchev–Trinajstić information content (AvgIpc) is 1.61. The van der Waals surface area contributed by atoms with Crippen LogP contribution in [0.25, 0.3) is 0 Å². The number of alkyl halides is 1. The lowest BCUT2D eigenvalue weighted by Gasteiger charge is -1.97. The Balaban J connectivity index is 2.68. The third-order valence-corrected chi connectivity index (χ3v) is 0.831. The maximum Gasteiger partial charge on any atom is 0.0894 e. The van der Waals surface area contributed by atoms with Gasteiger partial charge in [0.2, 0.25) is 0 Å². The molecular formula is C6H12F. The van der Waals surface area contributed by atoms with Gasteiger partial charge in [-0.25, -0.2) is 0 Å². The van der Waals surface area contributed by atoms with Crippen LogP contribution in [0.4, 0.5) is 4.39 Å². The zero-order chi connectivity index (χ0) is 5.70. The molecule has 0 aliphatic heterocycles. The van der Waals surface area contributed by atoms with Crippen LogP contribution in [-0.2, 0) is 0 Å². The van der Waals surface area contributed by atoms with Crippen molar-refractivity contribution in [1.82, 2.24) is 0 Å². The van der Waals surface area contributed by atoms with Crippen molar-refractivity contribution < 1.29 is 4.39 Å². The molecule has 1 heteroatoms. The average molecular weight is 103 g/mol. The number of hydrogen-bond acceptors (Lipinski definition) is 0. The third-order valence-electron chi connectivity index (χ3n) is 0.831. The van der Waals surface area contributed by atoms with Gasteiger partial charge >= 0.3 is 0 Å². The molecule has 0 aromatic rings. The second-order valence-electron chi connectivity index (χ2n) is 1.94. The smallest absolute Gasteiger partial charge is 0.0894 e. The van der Waals surface area contributed by atoms with E-state index in [-0.39, 0.29) is 6.67 Å². The first-order chi connectivity index (χ1) is 3.27. The highest BCUT2D eigenvalue weighted by molar-refractivity contribution is 4.52. The highest BCUT2D eigenvalue weighted by Crippen LogP contribution is 2.01. The predicted molar refractivity (Wildman–Crippen MR) is 29.7 cm³/mol. The van der Waals surface area contributed by atoms with Crippen molar-refractivity contribution in [1.29, 1.82) is 0 Å². The van der Waals surface area contributed by atoms with E-state index in [2.05, 4.69) is 6.92 Å². The maximum atomic E-state index is 11.3. The van der Waals surface area contributed by atoms with Gasteiger partial charge in [-0.1, -0.05) is 13.8 Å². The number of hydrogen-bond donors (Lipinski definition) is 0. The second kappa shape index (κ2) is 4.10. The summed E-state index contributed by atoms with van der Waals surface area (Å²) in [6.45, 7) is 5.51. The summed E-state index contributed by atoms with van der Waals surface area (Å²) >= 11 is 0. The van der Waals surface area contributed by atoms with E-state index in [0.717, 1.165) is 6.42 Å². The minimum absolute atomic E-state index is 0.195. The summed E-state index contributed by atoms with van der Waals surface area (Å²) in [5.41, 5.74) is 0. The quantitative estimate of drug-likeness (QED) is 0.513. The Morgan fingerprint density at radius 1 is 1.71 bits per heavy atom. The van der Waals surface area contributed by atoms with E-state index >= 15 is 0 Å². The summed E-state index contributed by atoms with van der Waals surface area (Å²) in [5, 5.41) is 0. The summed E-state index contributed by atoms with van der Waals surface area (Å²) in [4.78, 5) is 0. The van der Waals surface area contributed by atoms with Crippen LogP contribution in [-0.4, -0.2) is 6.67 Å². The standard InChI is InChI=1S/C6H12F/c1-6(2)4-3-5-7/h6H,1,3-5H2,2H3. The van der Waals surface area contributed by atoms with Crippen molar-refractivity contribution in [2.24, 2.45) is 5.92 Å². The molecule has 0 aliphatic carbocycles. The van der Waals surface area contributed by atoms with Gasteiger partial charge in [0.05, 0.1) is 6.67 Å². The lowest BCUT2D eigenvalue weighted by molar-refractivity contribution is 0.441. The van der Waals surface area contributed by atoms with Gasteiger partial charge in [-0.05, 0) is 18.8 Å². The van der Waals surface area contributed by atoms with Gasteiger partial charge in [-0.3, -0.25) is 4.39 Å². The Labute approximate surface area is 44.7 Å². The van der Waals surface area contributed by atoms with Crippen molar-refractivity contribution in [3.8, 4) is 0 Å². The molecule has 0 N–H and O–H groups in total. The normalized spacial score (nSPS) is 10.3. The van der Waals surface area contributed by atoms with Crippen LogP contribution in [0.15, 0.2) is 0 Å². The van der Waals surface area contributed by atoms with Crippen molar-refractivity contribution >= 4 is 0 Å². The van der Waals surface area contributed by atoms with E-state index in [4.69, 9.17) is 0 Å². The van der Waals surface area contributed by atoms with Gasteiger partial charge in [0.25, 0.3) is 0 Å². The first-order valence-corrected chi connectivity index (χ1v) is 2.66. The molecule has 0 amide bonds. The molecule has 0 fully saturated rings. The van der Waals surface area contributed by atoms with E-state index in [1.165, 1.54) is 0 Å². The first-order valence-electron chi connectivity index (χ1n) is 2.66. The summed E-state index contributed by atoms with van der Waals surface area (Å²) in [7, 11) is 0. The van der Waals surface area contributed by atoms with Crippen molar-refractivity contribution in [2.75, 3.05) is 6.67 Å². The van der Waals surface area contributed by atoms with Crippen LogP contribution >= 0.6 is 0 Å². The fraction of sp³-hybridized carbons (Fsp3) is 0.833. The molecule has 0 saturated carbocycles. The van der Waals surface area contributed by atoms with Crippen molar-refractivity contribution in [3.63, 3.8) is 0 Å². The van der Waals surface area contributed by atoms with Crippen LogP contribution in [0.2, 0.25) is 0 Å². The SMILES string of the molecule is [CH2]C(C)CCCF. The lowest BCUT2D eigenvalue weighted by Crippen LogP contribution is -1.86. The minimum atomic E-state index is -0.195. The fourth-order valence-electron chi connectivity index (χ4n) is 0.426. The van der Waals surface area contributed by atoms with Crippen LogP contribution in [0.5, 0.6) is 0 Å². The largest absolute Gasteiger partial charge is 0.251 e. The third kappa shape index (κ3) is 5.93. The molecule has 0 aliphatic rings. The number of rotatable bonds is 3. The summed E-state index contributed by atoms with van der Waals surface area (Å²) in [6, 6.07) is 0. The molecule has 0 saturated heterocycles. The number of halogens is 1. The monoisotopic (exact) mass is 103 g/mol. The predicted octanol–water partition coefficient (Wildman–Crippen LogP) is 2.21. The van der Waals surface area contributed by atoms with Crippen LogP contribution in [0.3, 0.4) is 0 Å². The summed E-state index contributed by atoms with van der Waals surface area (Å²) in [6.07, 6.45) is 1.58. The van der Waals surface area contributed by atoms with E-state index in [9.17, 15) is 4.39 Å². The van der Waals surface area contributed by atoms with Gasteiger partial charge < -0.3 is 0 Å². The molecule has 0 bridgehead atoms. The van der Waals surface area contributed by atoms with E-state index < -0.39 is 0 Å². The Morgan fingerprint density at radius 2 is 2.29 bits per heavy atom. The summed E-state index contributed by atoms with van der Waals surface area (Å²) in [5.74, 6) is 0.413. The molecule has 1 radical (unpaired) electrons. The highest BCUT2D eigenvalue weighted by atomic mass is 19.1. The van der Waals surface area contributed by atoms with Gasteiger partial charge in [-0.2, -0.15) is 0 Å². The molecule has 0 nitrogen and oxygen atoms in total. The van der Waals surface area contributed by atoms with E-state index in [1.54, 1.807) is 0 Å². The maximum absolute atomic E-state index is 11.3.